The van der Waals surface area contributed by atoms with Crippen LogP contribution >= 0.6 is 0 Å². The molecule has 0 heterocycles. The molecule has 0 aliphatic heterocycles. The molecular formula is C57H99N7O11S. The summed E-state index contributed by atoms with van der Waals surface area (Å²) < 4.78 is 27.7. The largest absolute Gasteiger partial charge is 0.508 e. The van der Waals surface area contributed by atoms with Crippen molar-refractivity contribution < 1.29 is 51.9 Å². The summed E-state index contributed by atoms with van der Waals surface area (Å²) in [6.07, 6.45) is 17.2. The van der Waals surface area contributed by atoms with Crippen LogP contribution in [0.1, 0.15) is 213 Å². The summed E-state index contributed by atoms with van der Waals surface area (Å²) in [6, 6.07) is 2.86. The standard InChI is InChI=1S/C57H99N7O11S/c1-5-7-8-9-10-11-12-13-14-15-16-17-18-23-36-76(74,75)61-41-47(66)31-33-55(71)62-50(38-43-26-29-46(65)30-27-43)53(69)40-45(28-32-54(60)70)57(73)63-48(25-20-22-35-59)52(68)39-44(24-19-21-34-58)56(72)64-49(37-42(3)4)51(67)6-2/h26-27,29-30,42,44-45,48-50,61,65H,5-25,28,31-41,58-59H2,1-4H3,(H2,60,70)(H,62,71)(H,63,73)(H,64,72)/t44-,45-,48+,49+,50+/m1/s1. The van der Waals surface area contributed by atoms with Crippen LogP contribution in [0.15, 0.2) is 24.3 Å². The number of carbonyl (C=O) groups is 8. The highest BCUT2D eigenvalue weighted by Crippen LogP contribution is 2.22. The zero-order chi connectivity index (χ0) is 56.7. The molecule has 1 aromatic carbocycles. The average Bonchev–Trinajstić information content (AvgIpc) is 3.37. The van der Waals surface area contributed by atoms with Crippen LogP contribution in [0.5, 0.6) is 5.75 Å². The van der Waals surface area contributed by atoms with Crippen LogP contribution < -0.4 is 37.9 Å². The van der Waals surface area contributed by atoms with Gasteiger partial charge in [-0.3, -0.25) is 38.4 Å². The second-order valence-corrected chi connectivity index (χ2v) is 23.1. The Morgan fingerprint density at radius 3 is 1.58 bits per heavy atom. The Morgan fingerprint density at radius 1 is 0.566 bits per heavy atom. The highest BCUT2D eigenvalue weighted by atomic mass is 32.2. The van der Waals surface area contributed by atoms with Crippen molar-refractivity contribution in [3.05, 3.63) is 29.8 Å². The first-order valence-electron chi connectivity index (χ1n) is 28.7. The van der Waals surface area contributed by atoms with Crippen LogP contribution in [0.3, 0.4) is 0 Å². The summed E-state index contributed by atoms with van der Waals surface area (Å²) in [7, 11) is -3.72. The van der Waals surface area contributed by atoms with Gasteiger partial charge in [-0.15, -0.1) is 0 Å². The average molecular weight is 1090 g/mol. The lowest BCUT2D eigenvalue weighted by atomic mass is 9.88. The maximum atomic E-state index is 14.2. The first-order chi connectivity index (χ1) is 36.2. The summed E-state index contributed by atoms with van der Waals surface area (Å²) >= 11 is 0. The van der Waals surface area contributed by atoms with Crippen LogP contribution in [0, 0.1) is 17.8 Å². The predicted molar refractivity (Wildman–Crippen MR) is 299 cm³/mol. The van der Waals surface area contributed by atoms with E-state index in [4.69, 9.17) is 17.2 Å². The van der Waals surface area contributed by atoms with E-state index in [9.17, 15) is 51.9 Å². The number of phenols is 1. The number of carbonyl (C=O) groups excluding carboxylic acids is 8. The molecule has 0 aliphatic rings. The molecule has 1 aromatic rings. The highest BCUT2D eigenvalue weighted by Gasteiger charge is 2.33. The maximum absolute atomic E-state index is 14.2. The van der Waals surface area contributed by atoms with Crippen molar-refractivity contribution in [2.45, 2.75) is 232 Å². The number of Topliss-reactive ketones (excluding diaryl/α,β-unsaturated/α-hetero) is 4. The third kappa shape index (κ3) is 33.5. The number of benzene rings is 1. The summed E-state index contributed by atoms with van der Waals surface area (Å²) in [5.74, 6) is -6.33. The Kier molecular flexibility index (Phi) is 37.9. The number of rotatable bonds is 49. The van der Waals surface area contributed by atoms with Gasteiger partial charge in [-0.25, -0.2) is 13.1 Å². The fraction of sp³-hybridized carbons (Fsp3) is 0.754. The number of nitrogens with two attached hydrogens (primary N) is 3. The van der Waals surface area contributed by atoms with Crippen LogP contribution in [-0.4, -0.2) is 104 Å². The summed E-state index contributed by atoms with van der Waals surface area (Å²) in [5.41, 5.74) is 17.6. The van der Waals surface area contributed by atoms with E-state index in [1.165, 1.54) is 69.9 Å². The zero-order valence-electron chi connectivity index (χ0n) is 46.8. The molecule has 0 aromatic heterocycles. The van der Waals surface area contributed by atoms with E-state index in [-0.39, 0.29) is 74.6 Å². The fourth-order valence-electron chi connectivity index (χ4n) is 9.12. The molecule has 0 saturated heterocycles. The van der Waals surface area contributed by atoms with E-state index in [1.807, 2.05) is 13.8 Å². The molecule has 18 nitrogen and oxygen atoms in total. The molecule has 0 radical (unpaired) electrons. The predicted octanol–water partition coefficient (Wildman–Crippen LogP) is 6.84. The normalized spacial score (nSPS) is 13.6. The molecule has 19 heteroatoms. The number of amides is 4. The first kappa shape index (κ1) is 69.4. The lowest BCUT2D eigenvalue weighted by molar-refractivity contribution is -0.135. The zero-order valence-corrected chi connectivity index (χ0v) is 47.6. The summed E-state index contributed by atoms with van der Waals surface area (Å²) in [4.78, 5) is 108. The number of nitrogens with one attached hydrogen (secondary N) is 4. The fourth-order valence-corrected chi connectivity index (χ4v) is 10.2. The van der Waals surface area contributed by atoms with Gasteiger partial charge < -0.3 is 38.3 Å². The smallest absolute Gasteiger partial charge is 0.224 e. The lowest BCUT2D eigenvalue weighted by Gasteiger charge is -2.26. The number of sulfonamides is 1. The Morgan fingerprint density at radius 2 is 1.07 bits per heavy atom. The molecule has 4 amide bonds. The van der Waals surface area contributed by atoms with Crippen LogP contribution in [0.2, 0.25) is 0 Å². The van der Waals surface area contributed by atoms with Crippen LogP contribution in [-0.2, 0) is 54.8 Å². The van der Waals surface area contributed by atoms with E-state index in [0.717, 1.165) is 25.7 Å². The quantitative estimate of drug-likeness (QED) is 0.0310. The number of unbranched alkanes of at least 4 members (excludes halogenated alkanes) is 15. The lowest BCUT2D eigenvalue weighted by Crippen LogP contribution is -2.48. The molecular weight excluding hydrogens is 991 g/mol. The van der Waals surface area contributed by atoms with Crippen LogP contribution in [0.4, 0.5) is 0 Å². The van der Waals surface area contributed by atoms with Crippen molar-refractivity contribution in [1.82, 2.24) is 20.7 Å². The number of primary amides is 1. The van der Waals surface area contributed by atoms with E-state index in [2.05, 4.69) is 27.6 Å². The second kappa shape index (κ2) is 41.5. The van der Waals surface area contributed by atoms with Gasteiger partial charge in [-0.05, 0) is 94.5 Å². The van der Waals surface area contributed by atoms with E-state index in [0.29, 0.717) is 63.6 Å². The minimum Gasteiger partial charge on any atom is -0.508 e. The molecule has 0 spiro atoms. The van der Waals surface area contributed by atoms with E-state index >= 15 is 0 Å². The van der Waals surface area contributed by atoms with Gasteiger partial charge in [-0.2, -0.15) is 0 Å². The molecule has 434 valence electrons. The van der Waals surface area contributed by atoms with Crippen molar-refractivity contribution in [2.24, 2.45) is 35.0 Å². The molecule has 0 bridgehead atoms. The van der Waals surface area contributed by atoms with Crippen molar-refractivity contribution in [1.29, 1.82) is 0 Å². The third-order valence-electron chi connectivity index (χ3n) is 13.8. The maximum Gasteiger partial charge on any atom is 0.224 e. The monoisotopic (exact) mass is 1090 g/mol. The molecule has 0 aliphatic carbocycles. The minimum atomic E-state index is -3.72. The Labute approximate surface area is 455 Å². The van der Waals surface area contributed by atoms with Gasteiger partial charge >= 0.3 is 0 Å². The summed E-state index contributed by atoms with van der Waals surface area (Å²) in [5, 5.41) is 18.3. The van der Waals surface area contributed by atoms with Gasteiger partial charge in [0.25, 0.3) is 0 Å². The van der Waals surface area contributed by atoms with Crippen LogP contribution in [0.25, 0.3) is 0 Å². The van der Waals surface area contributed by atoms with Gasteiger partial charge in [0.15, 0.2) is 17.3 Å². The molecule has 76 heavy (non-hydrogen) atoms. The number of aromatic hydroxyl groups is 1. The van der Waals surface area contributed by atoms with Crippen molar-refractivity contribution in [2.75, 3.05) is 25.4 Å². The van der Waals surface area contributed by atoms with Gasteiger partial charge in [-0.1, -0.05) is 130 Å². The van der Waals surface area contributed by atoms with E-state index < -0.39 is 93.9 Å². The van der Waals surface area contributed by atoms with Crippen molar-refractivity contribution >= 4 is 56.8 Å². The van der Waals surface area contributed by atoms with Crippen molar-refractivity contribution in [3.63, 3.8) is 0 Å². The molecule has 0 saturated carbocycles. The second-order valence-electron chi connectivity index (χ2n) is 21.1. The number of ketones is 4. The Balaban J connectivity index is 3.07. The number of phenolic OH excluding ortho intramolecular Hbond substituents is 1. The van der Waals surface area contributed by atoms with Crippen molar-refractivity contribution in [3.8, 4) is 5.75 Å². The highest BCUT2D eigenvalue weighted by molar-refractivity contribution is 7.89. The van der Waals surface area contributed by atoms with Gasteiger partial charge in [0, 0.05) is 50.4 Å². The van der Waals surface area contributed by atoms with Gasteiger partial charge in [0.1, 0.15) is 11.5 Å². The minimum absolute atomic E-state index is 0.0347. The molecule has 0 fully saturated rings. The SMILES string of the molecule is CCCCCCCCCCCCCCCCS(=O)(=O)NCC(=O)CCC(=O)N[C@@H](Cc1ccc(O)cc1)C(=O)C[C@@H](CCC(N)=O)C(=O)N[C@@H](CCCCN)C(=O)C[C@@H](CCCCN)C(=O)N[C@@H](CC(C)C)C(=O)CC. The van der Waals surface area contributed by atoms with Gasteiger partial charge in [0.2, 0.25) is 33.7 Å². The molecule has 11 N–H and O–H groups in total. The third-order valence-corrected chi connectivity index (χ3v) is 15.2. The first-order valence-corrected chi connectivity index (χ1v) is 30.3. The Bertz CT molecular complexity index is 1980. The molecule has 1 rings (SSSR count). The van der Waals surface area contributed by atoms with Gasteiger partial charge in [0.05, 0.1) is 30.4 Å². The summed E-state index contributed by atoms with van der Waals surface area (Å²) in [6.45, 7) is 8.04. The molecule has 5 atom stereocenters. The van der Waals surface area contributed by atoms with E-state index in [1.54, 1.807) is 19.1 Å². The molecule has 0 unspecified atom stereocenters. The number of hydrogen-bond acceptors (Lipinski definition) is 13. The topological polar surface area (TPSA) is 317 Å². The number of hydrogen-bond donors (Lipinski definition) is 8. The Hall–Kier alpha value is -4.59.